The second kappa shape index (κ2) is 4.46. The van der Waals surface area contributed by atoms with Crippen molar-refractivity contribution in [1.29, 1.82) is 0 Å². The Labute approximate surface area is 106 Å². The van der Waals surface area contributed by atoms with E-state index < -0.39 is 0 Å². The summed E-state index contributed by atoms with van der Waals surface area (Å²) in [6.45, 7) is 3.63. The minimum atomic E-state index is 0.0127. The van der Waals surface area contributed by atoms with Crippen LogP contribution in [0.3, 0.4) is 0 Å². The van der Waals surface area contributed by atoms with Gasteiger partial charge in [0, 0.05) is 5.39 Å². The van der Waals surface area contributed by atoms with Crippen LogP contribution < -0.4 is 4.90 Å². The van der Waals surface area contributed by atoms with Gasteiger partial charge in [0.25, 0.3) is 5.91 Å². The zero-order valence-corrected chi connectivity index (χ0v) is 10.5. The molecule has 2 aromatic rings. The Balaban J connectivity index is 1.83. The molecule has 1 saturated heterocycles. The highest BCUT2D eigenvalue weighted by Gasteiger charge is 2.24. The SMILES string of the molecule is C[NH+]1CCN(C(=O)c2cc3ccccc3o2)CC1. The topological polar surface area (TPSA) is 37.9 Å². The van der Waals surface area contributed by atoms with Crippen molar-refractivity contribution >= 4 is 16.9 Å². The molecule has 0 aliphatic carbocycles. The Kier molecular flexibility index (Phi) is 2.80. The van der Waals surface area contributed by atoms with Gasteiger partial charge >= 0.3 is 0 Å². The van der Waals surface area contributed by atoms with Crippen molar-refractivity contribution in [3.63, 3.8) is 0 Å². The number of likely N-dealkylation sites (N-methyl/N-ethyl adjacent to an activating group) is 1. The van der Waals surface area contributed by atoms with E-state index in [0.29, 0.717) is 5.76 Å². The molecule has 1 aliphatic heterocycles. The molecule has 1 N–H and O–H groups in total. The number of nitrogens with one attached hydrogen (secondary N) is 1. The molecule has 2 heterocycles. The van der Waals surface area contributed by atoms with Crippen molar-refractivity contribution in [3.05, 3.63) is 36.1 Å². The third-order valence-electron chi connectivity index (χ3n) is 3.54. The van der Waals surface area contributed by atoms with Gasteiger partial charge < -0.3 is 14.2 Å². The van der Waals surface area contributed by atoms with E-state index in [-0.39, 0.29) is 5.91 Å². The van der Waals surface area contributed by atoms with E-state index >= 15 is 0 Å². The highest BCUT2D eigenvalue weighted by molar-refractivity contribution is 5.96. The summed E-state index contributed by atoms with van der Waals surface area (Å²) in [6, 6.07) is 9.55. The molecule has 0 atom stereocenters. The summed E-state index contributed by atoms with van der Waals surface area (Å²) in [4.78, 5) is 15.7. The molecule has 0 bridgehead atoms. The van der Waals surface area contributed by atoms with E-state index in [1.807, 2.05) is 35.2 Å². The zero-order valence-electron chi connectivity index (χ0n) is 10.5. The maximum Gasteiger partial charge on any atom is 0.290 e. The summed E-state index contributed by atoms with van der Waals surface area (Å²) in [7, 11) is 2.16. The molecule has 94 valence electrons. The zero-order chi connectivity index (χ0) is 12.5. The fourth-order valence-corrected chi connectivity index (χ4v) is 2.33. The molecular formula is C14H17N2O2+. The van der Waals surface area contributed by atoms with Gasteiger partial charge in [-0.3, -0.25) is 4.79 Å². The molecule has 4 heteroatoms. The number of para-hydroxylation sites is 1. The van der Waals surface area contributed by atoms with Crippen LogP contribution in [-0.4, -0.2) is 44.0 Å². The lowest BCUT2D eigenvalue weighted by atomic mass is 10.2. The first kappa shape index (κ1) is 11.3. The lowest BCUT2D eigenvalue weighted by Gasteiger charge is -2.29. The monoisotopic (exact) mass is 245 g/mol. The molecule has 4 nitrogen and oxygen atoms in total. The average Bonchev–Trinajstić information content (AvgIpc) is 2.82. The van der Waals surface area contributed by atoms with Gasteiger partial charge in [-0.15, -0.1) is 0 Å². The summed E-state index contributed by atoms with van der Waals surface area (Å²) < 4.78 is 5.61. The molecule has 0 saturated carbocycles. The first-order valence-corrected chi connectivity index (χ1v) is 6.33. The molecule has 0 radical (unpaired) electrons. The number of hydrogen-bond acceptors (Lipinski definition) is 2. The van der Waals surface area contributed by atoms with Crippen LogP contribution in [0.15, 0.2) is 34.7 Å². The first-order valence-electron chi connectivity index (χ1n) is 6.33. The number of carbonyl (C=O) groups excluding carboxylic acids is 1. The van der Waals surface area contributed by atoms with Gasteiger partial charge in [-0.05, 0) is 12.1 Å². The highest BCUT2D eigenvalue weighted by atomic mass is 16.3. The average molecular weight is 245 g/mol. The Morgan fingerprint density at radius 1 is 1.28 bits per heavy atom. The maximum atomic E-state index is 12.3. The summed E-state index contributed by atoms with van der Waals surface area (Å²) in [6.07, 6.45) is 0. The maximum absolute atomic E-state index is 12.3. The number of benzene rings is 1. The van der Waals surface area contributed by atoms with E-state index in [2.05, 4.69) is 7.05 Å². The van der Waals surface area contributed by atoms with E-state index in [1.165, 1.54) is 4.90 Å². The van der Waals surface area contributed by atoms with E-state index in [0.717, 1.165) is 37.1 Å². The number of quaternary nitrogens is 1. The summed E-state index contributed by atoms with van der Waals surface area (Å²) in [5.74, 6) is 0.467. The van der Waals surface area contributed by atoms with Crippen molar-refractivity contribution in [1.82, 2.24) is 4.90 Å². The van der Waals surface area contributed by atoms with Gasteiger partial charge in [0.15, 0.2) is 5.76 Å². The number of fused-ring (bicyclic) bond motifs is 1. The molecule has 0 spiro atoms. The van der Waals surface area contributed by atoms with E-state index in [4.69, 9.17) is 4.42 Å². The van der Waals surface area contributed by atoms with Gasteiger partial charge in [0.2, 0.25) is 0 Å². The Bertz CT molecular complexity index is 535. The van der Waals surface area contributed by atoms with Crippen LogP contribution in [0.25, 0.3) is 11.0 Å². The van der Waals surface area contributed by atoms with Crippen molar-refractivity contribution in [2.24, 2.45) is 0 Å². The van der Waals surface area contributed by atoms with Crippen molar-refractivity contribution in [3.8, 4) is 0 Å². The van der Waals surface area contributed by atoms with Crippen LogP contribution in [0.4, 0.5) is 0 Å². The van der Waals surface area contributed by atoms with Gasteiger partial charge in [-0.25, -0.2) is 0 Å². The Hall–Kier alpha value is -1.81. The molecule has 0 unspecified atom stereocenters. The lowest BCUT2D eigenvalue weighted by molar-refractivity contribution is -0.883. The van der Waals surface area contributed by atoms with Gasteiger partial charge in [-0.1, -0.05) is 18.2 Å². The lowest BCUT2D eigenvalue weighted by Crippen LogP contribution is -3.12. The van der Waals surface area contributed by atoms with Crippen LogP contribution in [0.1, 0.15) is 10.6 Å². The number of furan rings is 1. The van der Waals surface area contributed by atoms with Crippen molar-refractivity contribution in [2.75, 3.05) is 33.2 Å². The van der Waals surface area contributed by atoms with Gasteiger partial charge in [-0.2, -0.15) is 0 Å². The van der Waals surface area contributed by atoms with Crippen LogP contribution in [0, 0.1) is 0 Å². The molecule has 18 heavy (non-hydrogen) atoms. The molecule has 3 rings (SSSR count). The van der Waals surface area contributed by atoms with Gasteiger partial charge in [0.05, 0.1) is 33.2 Å². The van der Waals surface area contributed by atoms with Crippen LogP contribution in [0.2, 0.25) is 0 Å². The fraction of sp³-hybridized carbons (Fsp3) is 0.357. The second-order valence-electron chi connectivity index (χ2n) is 4.90. The molecule has 1 fully saturated rings. The van der Waals surface area contributed by atoms with Gasteiger partial charge in [0.1, 0.15) is 5.58 Å². The summed E-state index contributed by atoms with van der Waals surface area (Å²) in [5.41, 5.74) is 0.778. The molecular weight excluding hydrogens is 228 g/mol. The fourth-order valence-electron chi connectivity index (χ4n) is 2.33. The van der Waals surface area contributed by atoms with Crippen molar-refractivity contribution < 1.29 is 14.1 Å². The number of amides is 1. The second-order valence-corrected chi connectivity index (χ2v) is 4.90. The van der Waals surface area contributed by atoms with Crippen molar-refractivity contribution in [2.45, 2.75) is 0 Å². The Morgan fingerprint density at radius 3 is 2.72 bits per heavy atom. The van der Waals surface area contributed by atoms with Crippen LogP contribution in [-0.2, 0) is 0 Å². The number of piperazine rings is 1. The van der Waals surface area contributed by atoms with Crippen LogP contribution >= 0.6 is 0 Å². The van der Waals surface area contributed by atoms with Crippen LogP contribution in [0.5, 0.6) is 0 Å². The summed E-state index contributed by atoms with van der Waals surface area (Å²) in [5, 5.41) is 0.987. The number of rotatable bonds is 1. The molecule has 1 aromatic carbocycles. The largest absolute Gasteiger partial charge is 0.451 e. The Morgan fingerprint density at radius 2 is 2.00 bits per heavy atom. The summed E-state index contributed by atoms with van der Waals surface area (Å²) >= 11 is 0. The predicted octanol–water partition coefficient (Wildman–Crippen LogP) is 0.403. The van der Waals surface area contributed by atoms with E-state index in [1.54, 1.807) is 0 Å². The predicted molar refractivity (Wildman–Crippen MR) is 68.7 cm³/mol. The third-order valence-corrected chi connectivity index (χ3v) is 3.54. The highest BCUT2D eigenvalue weighted by Crippen LogP contribution is 2.19. The normalized spacial score (nSPS) is 17.3. The molecule has 1 aliphatic rings. The minimum Gasteiger partial charge on any atom is -0.451 e. The smallest absolute Gasteiger partial charge is 0.290 e. The number of nitrogens with zero attached hydrogens (tertiary/aromatic N) is 1. The quantitative estimate of drug-likeness (QED) is 0.790. The standard InChI is InChI=1S/C14H16N2O2/c1-15-6-8-16(9-7-15)14(17)13-10-11-4-2-3-5-12(11)18-13/h2-5,10H,6-9H2,1H3/p+1. The molecule has 1 aromatic heterocycles. The molecule has 1 amide bonds. The minimum absolute atomic E-state index is 0.0127. The van der Waals surface area contributed by atoms with E-state index in [9.17, 15) is 4.79 Å². The number of carbonyl (C=O) groups is 1. The first-order chi connectivity index (χ1) is 8.74. The third kappa shape index (κ3) is 1.99. The number of hydrogen-bond donors (Lipinski definition) is 1.